The monoisotopic (exact) mass is 242 g/mol. The van der Waals surface area contributed by atoms with Gasteiger partial charge in [-0.25, -0.2) is 0 Å². The Morgan fingerprint density at radius 3 is 2.22 bits per heavy atom. The maximum atomic E-state index is 2.27. The summed E-state index contributed by atoms with van der Waals surface area (Å²) in [7, 11) is 0. The maximum absolute atomic E-state index is 2.27. The summed E-state index contributed by atoms with van der Waals surface area (Å²) in [5.74, 6) is 3.28. The summed E-state index contributed by atoms with van der Waals surface area (Å²) in [6, 6.07) is 11.0. The number of hydrogen-bond donors (Lipinski definition) is 0. The van der Waals surface area contributed by atoms with Gasteiger partial charge in [-0.1, -0.05) is 62.4 Å². The first-order chi connectivity index (χ1) is 8.92. The second-order valence-corrected chi connectivity index (χ2v) is 6.52. The first-order valence-corrected chi connectivity index (χ1v) is 7.96. The molecule has 2 aliphatic rings. The third kappa shape index (κ3) is 2.96. The second-order valence-electron chi connectivity index (χ2n) is 6.52. The molecule has 0 spiro atoms. The van der Waals surface area contributed by atoms with Crippen molar-refractivity contribution in [1.82, 2.24) is 0 Å². The zero-order chi connectivity index (χ0) is 12.2. The minimum absolute atomic E-state index is 1.06. The smallest absolute Gasteiger partial charge is 0.0279 e. The van der Waals surface area contributed by atoms with Crippen LogP contribution in [0.1, 0.15) is 56.9 Å². The molecule has 0 nitrogen and oxygen atoms in total. The van der Waals surface area contributed by atoms with Gasteiger partial charge in [-0.3, -0.25) is 0 Å². The highest BCUT2D eigenvalue weighted by Gasteiger charge is 2.34. The number of rotatable bonds is 4. The summed E-state index contributed by atoms with van der Waals surface area (Å²) >= 11 is 0. The van der Waals surface area contributed by atoms with E-state index in [2.05, 4.69) is 30.3 Å². The fourth-order valence-electron chi connectivity index (χ4n) is 4.33. The van der Waals surface area contributed by atoms with Gasteiger partial charge in [-0.2, -0.15) is 0 Å². The van der Waals surface area contributed by atoms with Crippen LogP contribution in [-0.2, 0) is 6.42 Å². The van der Waals surface area contributed by atoms with Gasteiger partial charge in [0.05, 0.1) is 0 Å². The average Bonchev–Trinajstić information content (AvgIpc) is 2.82. The quantitative estimate of drug-likeness (QED) is 0.678. The summed E-state index contributed by atoms with van der Waals surface area (Å²) in [4.78, 5) is 0. The molecule has 0 aliphatic heterocycles. The van der Waals surface area contributed by atoms with E-state index in [1.54, 1.807) is 25.7 Å². The SMILES string of the molecule is c1ccc(CCCC2CC3CCCCC3C2)cc1. The van der Waals surface area contributed by atoms with Crippen molar-refractivity contribution in [3.63, 3.8) is 0 Å². The van der Waals surface area contributed by atoms with Gasteiger partial charge in [-0.15, -0.1) is 0 Å². The van der Waals surface area contributed by atoms with Gasteiger partial charge in [0.15, 0.2) is 0 Å². The van der Waals surface area contributed by atoms with Crippen LogP contribution in [0.2, 0.25) is 0 Å². The molecule has 0 radical (unpaired) electrons. The van der Waals surface area contributed by atoms with Gasteiger partial charge in [0.1, 0.15) is 0 Å². The number of aryl methyl sites for hydroxylation is 1. The molecule has 2 unspecified atom stereocenters. The lowest BCUT2D eigenvalue weighted by molar-refractivity contribution is 0.277. The van der Waals surface area contributed by atoms with E-state index in [0.29, 0.717) is 0 Å². The molecule has 1 aromatic carbocycles. The molecule has 0 N–H and O–H groups in total. The highest BCUT2D eigenvalue weighted by molar-refractivity contribution is 5.14. The fraction of sp³-hybridized carbons (Fsp3) is 0.667. The third-order valence-corrected chi connectivity index (χ3v) is 5.26. The Morgan fingerprint density at radius 2 is 1.56 bits per heavy atom. The van der Waals surface area contributed by atoms with Crippen molar-refractivity contribution >= 4 is 0 Å². The summed E-state index contributed by atoms with van der Waals surface area (Å²) < 4.78 is 0. The van der Waals surface area contributed by atoms with Crippen molar-refractivity contribution in [3.8, 4) is 0 Å². The first kappa shape index (κ1) is 12.3. The highest BCUT2D eigenvalue weighted by atomic mass is 14.4. The molecule has 3 rings (SSSR count). The van der Waals surface area contributed by atoms with E-state index in [-0.39, 0.29) is 0 Å². The molecule has 0 saturated heterocycles. The van der Waals surface area contributed by atoms with Crippen LogP contribution in [-0.4, -0.2) is 0 Å². The lowest BCUT2D eigenvalue weighted by Crippen LogP contribution is -2.12. The standard InChI is InChI=1S/C18H26/c1-2-7-15(8-3-1)9-6-10-16-13-17-11-4-5-12-18(17)14-16/h1-3,7-8,16-18H,4-6,9-14H2. The molecule has 2 aliphatic carbocycles. The zero-order valence-corrected chi connectivity index (χ0v) is 11.5. The summed E-state index contributed by atoms with van der Waals surface area (Å²) in [6.07, 6.45) is 13.4. The molecule has 0 aromatic heterocycles. The van der Waals surface area contributed by atoms with Crippen LogP contribution in [0.3, 0.4) is 0 Å². The van der Waals surface area contributed by atoms with Crippen LogP contribution < -0.4 is 0 Å². The molecule has 98 valence electrons. The summed E-state index contributed by atoms with van der Waals surface area (Å²) in [5, 5.41) is 0. The van der Waals surface area contributed by atoms with E-state index < -0.39 is 0 Å². The predicted octanol–water partition coefficient (Wildman–Crippen LogP) is 5.23. The fourth-order valence-corrected chi connectivity index (χ4v) is 4.33. The van der Waals surface area contributed by atoms with Crippen LogP contribution in [0.15, 0.2) is 30.3 Å². The van der Waals surface area contributed by atoms with Crippen molar-refractivity contribution in [3.05, 3.63) is 35.9 Å². The normalized spacial score (nSPS) is 31.2. The molecule has 0 heteroatoms. The van der Waals surface area contributed by atoms with E-state index in [4.69, 9.17) is 0 Å². The van der Waals surface area contributed by atoms with E-state index >= 15 is 0 Å². The molecule has 0 amide bonds. The average molecular weight is 242 g/mol. The Hall–Kier alpha value is -0.780. The van der Waals surface area contributed by atoms with Crippen molar-refractivity contribution in [1.29, 1.82) is 0 Å². The molecule has 2 atom stereocenters. The van der Waals surface area contributed by atoms with Crippen molar-refractivity contribution in [2.75, 3.05) is 0 Å². The first-order valence-electron chi connectivity index (χ1n) is 7.96. The maximum Gasteiger partial charge on any atom is -0.0279 e. The predicted molar refractivity (Wildman–Crippen MR) is 77.6 cm³/mol. The Labute approximate surface area is 112 Å². The van der Waals surface area contributed by atoms with E-state index in [1.807, 2.05) is 0 Å². The molecule has 0 bridgehead atoms. The number of fused-ring (bicyclic) bond motifs is 1. The number of hydrogen-bond acceptors (Lipinski definition) is 0. The Kier molecular flexibility index (Phi) is 4.02. The van der Waals surface area contributed by atoms with Gasteiger partial charge < -0.3 is 0 Å². The second kappa shape index (κ2) is 5.91. The molecular weight excluding hydrogens is 216 g/mol. The van der Waals surface area contributed by atoms with E-state index in [9.17, 15) is 0 Å². The van der Waals surface area contributed by atoms with Crippen LogP contribution in [0.25, 0.3) is 0 Å². The summed E-state index contributed by atoms with van der Waals surface area (Å²) in [5.41, 5.74) is 1.52. The van der Waals surface area contributed by atoms with Gasteiger partial charge >= 0.3 is 0 Å². The Bertz CT molecular complexity index is 340. The van der Waals surface area contributed by atoms with Crippen molar-refractivity contribution < 1.29 is 0 Å². The van der Waals surface area contributed by atoms with Crippen molar-refractivity contribution in [2.24, 2.45) is 17.8 Å². The lowest BCUT2D eigenvalue weighted by atomic mass is 9.82. The molecule has 2 fully saturated rings. The summed E-state index contributed by atoms with van der Waals surface area (Å²) in [6.45, 7) is 0. The van der Waals surface area contributed by atoms with Gasteiger partial charge in [0, 0.05) is 0 Å². The Morgan fingerprint density at radius 1 is 0.889 bits per heavy atom. The van der Waals surface area contributed by atoms with Gasteiger partial charge in [0.25, 0.3) is 0 Å². The van der Waals surface area contributed by atoms with Crippen LogP contribution in [0.5, 0.6) is 0 Å². The van der Waals surface area contributed by atoms with Crippen LogP contribution >= 0.6 is 0 Å². The molecular formula is C18H26. The van der Waals surface area contributed by atoms with Crippen LogP contribution in [0, 0.1) is 17.8 Å². The Balaban J connectivity index is 1.42. The minimum atomic E-state index is 1.06. The largest absolute Gasteiger partial charge is 0.0622 e. The minimum Gasteiger partial charge on any atom is -0.0622 e. The lowest BCUT2D eigenvalue weighted by Gasteiger charge is -2.24. The van der Waals surface area contributed by atoms with Crippen molar-refractivity contribution in [2.45, 2.75) is 57.8 Å². The molecule has 1 aromatic rings. The van der Waals surface area contributed by atoms with Gasteiger partial charge in [-0.05, 0) is 49.0 Å². The van der Waals surface area contributed by atoms with E-state index in [0.717, 1.165) is 17.8 Å². The molecule has 2 saturated carbocycles. The molecule has 0 heterocycles. The zero-order valence-electron chi connectivity index (χ0n) is 11.5. The molecule has 18 heavy (non-hydrogen) atoms. The van der Waals surface area contributed by atoms with Gasteiger partial charge in [0.2, 0.25) is 0 Å². The number of benzene rings is 1. The topological polar surface area (TPSA) is 0 Å². The van der Waals surface area contributed by atoms with E-state index in [1.165, 1.54) is 37.7 Å². The van der Waals surface area contributed by atoms with Crippen LogP contribution in [0.4, 0.5) is 0 Å². The highest BCUT2D eigenvalue weighted by Crippen LogP contribution is 2.46. The third-order valence-electron chi connectivity index (χ3n) is 5.26.